The van der Waals surface area contributed by atoms with Crippen LogP contribution in [-0.2, 0) is 17.6 Å². The van der Waals surface area contributed by atoms with Crippen molar-refractivity contribution in [3.63, 3.8) is 0 Å². The molecule has 1 amide bonds. The third kappa shape index (κ3) is 3.65. The number of carbonyl (C=O) groups excluding carboxylic acids is 1. The van der Waals surface area contributed by atoms with Gasteiger partial charge in [-0.2, -0.15) is 5.26 Å². The van der Waals surface area contributed by atoms with E-state index in [4.69, 9.17) is 4.74 Å². The Labute approximate surface area is 153 Å². The number of pyridine rings is 1. The molecule has 0 aliphatic heterocycles. The number of rotatable bonds is 5. The predicted molar refractivity (Wildman–Crippen MR) is 95.2 cm³/mol. The summed E-state index contributed by atoms with van der Waals surface area (Å²) in [6.45, 7) is 1.76. The van der Waals surface area contributed by atoms with Gasteiger partial charge in [-0.3, -0.25) is 4.79 Å². The van der Waals surface area contributed by atoms with E-state index in [2.05, 4.69) is 23.3 Å². The lowest BCUT2D eigenvalue weighted by Crippen LogP contribution is -2.20. The second-order valence-electron chi connectivity index (χ2n) is 6.09. The molecule has 0 saturated heterocycles. The predicted octanol–water partition coefficient (Wildman–Crippen LogP) is 3.07. The fourth-order valence-electron chi connectivity index (χ4n) is 2.90. The number of hydrogen-bond donors (Lipinski definition) is 1. The Kier molecular flexibility index (Phi) is 5.14. The first-order valence-corrected chi connectivity index (χ1v) is 8.88. The van der Waals surface area contributed by atoms with Gasteiger partial charge in [0.25, 0.3) is 5.91 Å². The molecule has 2 aromatic rings. The number of thiophene rings is 1. The molecule has 0 spiro atoms. The van der Waals surface area contributed by atoms with Gasteiger partial charge in [-0.1, -0.05) is 6.92 Å². The van der Waals surface area contributed by atoms with E-state index >= 15 is 0 Å². The highest BCUT2D eigenvalue weighted by Crippen LogP contribution is 2.39. The van der Waals surface area contributed by atoms with E-state index in [-0.39, 0.29) is 5.75 Å². The molecule has 0 fully saturated rings. The van der Waals surface area contributed by atoms with Gasteiger partial charge in [0.2, 0.25) is 5.75 Å². The number of aromatic nitrogens is 1. The van der Waals surface area contributed by atoms with E-state index < -0.39 is 23.3 Å². The maximum atomic E-state index is 12.2. The number of nitro groups is 1. The maximum absolute atomic E-state index is 12.2. The summed E-state index contributed by atoms with van der Waals surface area (Å²) in [4.78, 5) is 27.2. The van der Waals surface area contributed by atoms with Crippen molar-refractivity contribution in [3.8, 4) is 11.8 Å². The molecule has 26 heavy (non-hydrogen) atoms. The Morgan fingerprint density at radius 3 is 3.15 bits per heavy atom. The Balaban J connectivity index is 1.70. The molecule has 1 atom stereocenters. The van der Waals surface area contributed by atoms with E-state index in [9.17, 15) is 20.2 Å². The van der Waals surface area contributed by atoms with E-state index in [1.54, 1.807) is 0 Å². The monoisotopic (exact) mass is 372 g/mol. The molecule has 1 aliphatic rings. The molecule has 1 N–H and O–H groups in total. The lowest BCUT2D eigenvalue weighted by molar-refractivity contribution is -0.390. The third-order valence-corrected chi connectivity index (χ3v) is 5.33. The molecule has 3 rings (SSSR count). The van der Waals surface area contributed by atoms with Gasteiger partial charge >= 0.3 is 5.82 Å². The Morgan fingerprint density at radius 2 is 2.42 bits per heavy atom. The van der Waals surface area contributed by atoms with Crippen molar-refractivity contribution in [1.29, 1.82) is 5.26 Å². The molecule has 0 aromatic carbocycles. The first kappa shape index (κ1) is 17.8. The van der Waals surface area contributed by atoms with Gasteiger partial charge < -0.3 is 20.2 Å². The van der Waals surface area contributed by atoms with Crippen LogP contribution in [-0.4, -0.2) is 22.4 Å². The van der Waals surface area contributed by atoms with Gasteiger partial charge in [-0.15, -0.1) is 11.3 Å². The zero-order valence-corrected chi connectivity index (χ0v) is 14.8. The first-order chi connectivity index (χ1) is 12.5. The molecule has 134 valence electrons. The Hall–Kier alpha value is -2.99. The summed E-state index contributed by atoms with van der Waals surface area (Å²) in [5, 5.41) is 23.6. The van der Waals surface area contributed by atoms with E-state index in [0.717, 1.165) is 29.7 Å². The second kappa shape index (κ2) is 7.49. The van der Waals surface area contributed by atoms with Crippen LogP contribution >= 0.6 is 11.3 Å². The van der Waals surface area contributed by atoms with Gasteiger partial charge in [0, 0.05) is 4.88 Å². The van der Waals surface area contributed by atoms with E-state index in [1.165, 1.54) is 29.7 Å². The lowest BCUT2D eigenvalue weighted by atomic mass is 9.89. The fraction of sp³-hybridized carbons (Fsp3) is 0.353. The van der Waals surface area contributed by atoms with Crippen LogP contribution in [0.2, 0.25) is 0 Å². The van der Waals surface area contributed by atoms with Crippen molar-refractivity contribution in [1.82, 2.24) is 4.98 Å². The zero-order chi connectivity index (χ0) is 18.7. The summed E-state index contributed by atoms with van der Waals surface area (Å²) in [6, 6.07) is 5.05. The van der Waals surface area contributed by atoms with E-state index in [1.807, 2.05) is 0 Å². The molecule has 9 heteroatoms. The summed E-state index contributed by atoms with van der Waals surface area (Å²) >= 11 is 1.42. The third-order valence-electron chi connectivity index (χ3n) is 4.16. The number of hydrogen-bond acceptors (Lipinski definition) is 7. The van der Waals surface area contributed by atoms with Gasteiger partial charge in [-0.25, -0.2) is 0 Å². The quantitative estimate of drug-likeness (QED) is 0.636. The number of fused-ring (bicyclic) bond motifs is 1. The van der Waals surface area contributed by atoms with Crippen molar-refractivity contribution < 1.29 is 14.5 Å². The normalized spacial score (nSPS) is 15.6. The molecule has 0 unspecified atom stereocenters. The van der Waals surface area contributed by atoms with Crippen molar-refractivity contribution in [2.45, 2.75) is 26.2 Å². The molecule has 8 nitrogen and oxygen atoms in total. The maximum Gasteiger partial charge on any atom is 0.406 e. The topological polar surface area (TPSA) is 118 Å². The number of nitrogens with zero attached hydrogens (tertiary/aromatic N) is 3. The number of carbonyl (C=O) groups is 1. The smallest absolute Gasteiger partial charge is 0.406 e. The molecular formula is C17H16N4O4S. The average Bonchev–Trinajstić information content (AvgIpc) is 2.95. The minimum atomic E-state index is -0.671. The van der Waals surface area contributed by atoms with Gasteiger partial charge in [0.05, 0.1) is 5.56 Å². The van der Waals surface area contributed by atoms with E-state index in [0.29, 0.717) is 16.5 Å². The van der Waals surface area contributed by atoms with Crippen molar-refractivity contribution in [2.24, 2.45) is 5.92 Å². The van der Waals surface area contributed by atoms with Crippen LogP contribution in [0.5, 0.6) is 5.75 Å². The SMILES string of the molecule is C[C@H]1CCc2c(sc(NC(=O)COc3cccnc3[N+](=O)[O-])c2C#N)C1. The molecule has 1 aliphatic carbocycles. The van der Waals surface area contributed by atoms with Gasteiger partial charge in [0.1, 0.15) is 17.3 Å². The number of anilines is 1. The number of nitriles is 1. The van der Waals surface area contributed by atoms with Crippen molar-refractivity contribution in [2.75, 3.05) is 11.9 Å². The highest BCUT2D eigenvalue weighted by atomic mass is 32.1. The van der Waals surface area contributed by atoms with Crippen LogP contribution in [0.15, 0.2) is 18.3 Å². The molecule has 0 radical (unpaired) electrons. The summed E-state index contributed by atoms with van der Waals surface area (Å²) in [5.41, 5.74) is 1.53. The molecule has 0 bridgehead atoms. The zero-order valence-electron chi connectivity index (χ0n) is 14.0. The van der Waals surface area contributed by atoms with Crippen LogP contribution in [0.25, 0.3) is 0 Å². The van der Waals surface area contributed by atoms with Crippen LogP contribution in [0.1, 0.15) is 29.3 Å². The summed E-state index contributed by atoms with van der Waals surface area (Å²) in [7, 11) is 0. The average molecular weight is 372 g/mol. The highest BCUT2D eigenvalue weighted by Gasteiger charge is 2.25. The summed E-state index contributed by atoms with van der Waals surface area (Å²) in [5.74, 6) is -0.442. The van der Waals surface area contributed by atoms with Crippen LogP contribution in [0.4, 0.5) is 10.8 Å². The number of ether oxygens (including phenoxy) is 1. The largest absolute Gasteiger partial charge is 0.476 e. The van der Waals surface area contributed by atoms with Crippen LogP contribution < -0.4 is 10.1 Å². The van der Waals surface area contributed by atoms with Gasteiger partial charge in [-0.05, 0) is 52.8 Å². The Morgan fingerprint density at radius 1 is 1.62 bits per heavy atom. The number of nitrogens with one attached hydrogen (secondary N) is 1. The van der Waals surface area contributed by atoms with Crippen molar-refractivity contribution in [3.05, 3.63) is 44.4 Å². The summed E-state index contributed by atoms with van der Waals surface area (Å²) < 4.78 is 5.23. The minimum Gasteiger partial charge on any atom is -0.476 e. The Bertz CT molecular complexity index is 903. The molecule has 2 aromatic heterocycles. The second-order valence-corrected chi connectivity index (χ2v) is 7.19. The first-order valence-electron chi connectivity index (χ1n) is 8.06. The summed E-state index contributed by atoms with van der Waals surface area (Å²) in [6.07, 6.45) is 4.05. The standard InChI is InChI=1S/C17H16N4O4S/c1-10-4-5-11-12(8-18)17(26-14(11)7-10)20-15(22)9-25-13-3-2-6-19-16(13)21(23)24/h2-3,6,10H,4-5,7,9H2,1H3,(H,20,22)/t10-/m0/s1. The molecule has 2 heterocycles. The van der Waals surface area contributed by atoms with Crippen LogP contribution in [0, 0.1) is 27.4 Å². The molecule has 0 saturated carbocycles. The molecular weight excluding hydrogens is 356 g/mol. The number of amides is 1. The highest BCUT2D eigenvalue weighted by molar-refractivity contribution is 7.16. The van der Waals surface area contributed by atoms with Crippen molar-refractivity contribution >= 4 is 28.1 Å². The fourth-order valence-corrected chi connectivity index (χ4v) is 4.27. The van der Waals surface area contributed by atoms with Crippen LogP contribution in [0.3, 0.4) is 0 Å². The van der Waals surface area contributed by atoms with Gasteiger partial charge in [0.15, 0.2) is 6.61 Å². The lowest BCUT2D eigenvalue weighted by Gasteiger charge is -2.17. The minimum absolute atomic E-state index is 0.0764.